The van der Waals surface area contributed by atoms with E-state index in [0.717, 1.165) is 31.5 Å². The molecule has 2 nitrogen and oxygen atoms in total. The fourth-order valence-electron chi connectivity index (χ4n) is 3.43. The Morgan fingerprint density at radius 1 is 1.17 bits per heavy atom. The Hall–Kier alpha value is -0.0800. The van der Waals surface area contributed by atoms with Crippen LogP contribution in [-0.4, -0.2) is 25.3 Å². The molecule has 0 bridgehead atoms. The lowest BCUT2D eigenvalue weighted by molar-refractivity contribution is 0.0861. The highest BCUT2D eigenvalue weighted by atomic mass is 16.5. The molecule has 2 fully saturated rings. The van der Waals surface area contributed by atoms with Gasteiger partial charge in [-0.15, -0.1) is 0 Å². The molecule has 2 unspecified atom stereocenters. The molecule has 0 aliphatic heterocycles. The smallest absolute Gasteiger partial charge is 0.0471 e. The van der Waals surface area contributed by atoms with Crippen LogP contribution in [0.15, 0.2) is 0 Å². The van der Waals surface area contributed by atoms with Gasteiger partial charge in [0.2, 0.25) is 0 Å². The Labute approximate surface area is 113 Å². The van der Waals surface area contributed by atoms with Crippen molar-refractivity contribution in [2.45, 2.75) is 65.3 Å². The number of fused-ring (bicyclic) bond motifs is 1. The first-order valence-corrected chi connectivity index (χ1v) is 7.77. The highest BCUT2D eigenvalue weighted by Crippen LogP contribution is 2.60. The van der Waals surface area contributed by atoms with E-state index in [4.69, 9.17) is 4.74 Å². The third-order valence-corrected chi connectivity index (χ3v) is 4.58. The first-order valence-electron chi connectivity index (χ1n) is 7.77. The zero-order valence-corrected chi connectivity index (χ0v) is 12.7. The van der Waals surface area contributed by atoms with E-state index in [-0.39, 0.29) is 5.54 Å². The summed E-state index contributed by atoms with van der Waals surface area (Å²) in [4.78, 5) is 0. The van der Waals surface area contributed by atoms with Crippen LogP contribution in [0, 0.1) is 17.3 Å². The van der Waals surface area contributed by atoms with E-state index < -0.39 is 0 Å². The van der Waals surface area contributed by atoms with Gasteiger partial charge in [-0.1, -0.05) is 6.92 Å². The summed E-state index contributed by atoms with van der Waals surface area (Å²) in [7, 11) is 0. The van der Waals surface area contributed by atoms with Crippen molar-refractivity contribution < 1.29 is 4.74 Å². The Morgan fingerprint density at radius 3 is 2.39 bits per heavy atom. The molecule has 0 saturated heterocycles. The van der Waals surface area contributed by atoms with Gasteiger partial charge < -0.3 is 10.1 Å². The number of hydrogen-bond acceptors (Lipinski definition) is 2. The fourth-order valence-corrected chi connectivity index (χ4v) is 3.43. The molecule has 0 radical (unpaired) electrons. The lowest BCUT2D eigenvalue weighted by Gasteiger charge is -2.35. The molecular weight excluding hydrogens is 222 g/mol. The maximum atomic E-state index is 5.72. The highest BCUT2D eigenvalue weighted by molar-refractivity contribution is 5.04. The zero-order valence-electron chi connectivity index (χ0n) is 12.7. The molecule has 0 heterocycles. The number of nitrogens with one attached hydrogen (secondary N) is 1. The predicted octanol–water partition coefficient (Wildman–Crippen LogP) is 3.61. The monoisotopic (exact) mass is 253 g/mol. The number of hydrogen-bond donors (Lipinski definition) is 1. The van der Waals surface area contributed by atoms with Gasteiger partial charge in [-0.25, -0.2) is 0 Å². The van der Waals surface area contributed by atoms with Crippen LogP contribution in [0.25, 0.3) is 0 Å². The van der Waals surface area contributed by atoms with Gasteiger partial charge >= 0.3 is 0 Å². The van der Waals surface area contributed by atoms with E-state index in [1.807, 2.05) is 0 Å². The topological polar surface area (TPSA) is 21.3 Å². The van der Waals surface area contributed by atoms with Crippen LogP contribution in [-0.2, 0) is 4.74 Å². The van der Waals surface area contributed by atoms with Crippen LogP contribution < -0.4 is 5.32 Å². The standard InChI is InChI=1S/C16H31NO/c1-5-7-18-8-6-16(12-17-15(2,3)4)10-13-9-14(13)11-16/h13-14,17H,5-12H2,1-4H3. The Bertz CT molecular complexity index is 259. The molecule has 0 aromatic rings. The Kier molecular flexibility index (Phi) is 4.38. The van der Waals surface area contributed by atoms with Gasteiger partial charge in [0.25, 0.3) is 0 Å². The molecule has 0 spiro atoms. The molecule has 2 heteroatoms. The lowest BCUT2D eigenvalue weighted by Crippen LogP contribution is -2.44. The molecule has 0 amide bonds. The van der Waals surface area contributed by atoms with Crippen LogP contribution >= 0.6 is 0 Å². The van der Waals surface area contributed by atoms with Gasteiger partial charge in [0.05, 0.1) is 0 Å². The van der Waals surface area contributed by atoms with Gasteiger partial charge in [0.1, 0.15) is 0 Å². The maximum absolute atomic E-state index is 5.72. The van der Waals surface area contributed by atoms with E-state index in [9.17, 15) is 0 Å². The average Bonchev–Trinajstić information content (AvgIpc) is 2.90. The van der Waals surface area contributed by atoms with E-state index in [1.165, 1.54) is 32.2 Å². The third-order valence-electron chi connectivity index (χ3n) is 4.58. The Morgan fingerprint density at radius 2 is 1.83 bits per heavy atom. The van der Waals surface area contributed by atoms with Gasteiger partial charge in [0.15, 0.2) is 0 Å². The van der Waals surface area contributed by atoms with Gasteiger partial charge in [0, 0.05) is 25.3 Å². The van der Waals surface area contributed by atoms with Gasteiger partial charge in [-0.05, 0) is 70.1 Å². The summed E-state index contributed by atoms with van der Waals surface area (Å²) in [5.41, 5.74) is 0.776. The highest BCUT2D eigenvalue weighted by Gasteiger charge is 2.53. The first kappa shape index (κ1) is 14.3. The van der Waals surface area contributed by atoms with Crippen molar-refractivity contribution >= 4 is 0 Å². The first-order chi connectivity index (χ1) is 8.44. The molecule has 2 rings (SSSR count). The van der Waals surface area contributed by atoms with E-state index in [0.29, 0.717) is 5.41 Å². The maximum Gasteiger partial charge on any atom is 0.0471 e. The van der Waals surface area contributed by atoms with E-state index >= 15 is 0 Å². The van der Waals surface area contributed by atoms with Crippen LogP contribution in [0.5, 0.6) is 0 Å². The van der Waals surface area contributed by atoms with Crippen molar-refractivity contribution in [3.63, 3.8) is 0 Å². The third kappa shape index (κ3) is 3.96. The van der Waals surface area contributed by atoms with Crippen molar-refractivity contribution in [2.75, 3.05) is 19.8 Å². The minimum absolute atomic E-state index is 0.240. The second-order valence-electron chi connectivity index (χ2n) is 7.63. The van der Waals surface area contributed by atoms with Crippen molar-refractivity contribution in [1.82, 2.24) is 5.32 Å². The summed E-state index contributed by atoms with van der Waals surface area (Å²) >= 11 is 0. The second kappa shape index (κ2) is 5.50. The van der Waals surface area contributed by atoms with E-state index in [2.05, 4.69) is 33.0 Å². The number of rotatable bonds is 7. The van der Waals surface area contributed by atoms with Crippen LogP contribution in [0.1, 0.15) is 59.8 Å². The summed E-state index contributed by atoms with van der Waals surface area (Å²) in [5.74, 6) is 2.11. The summed E-state index contributed by atoms with van der Waals surface area (Å²) in [6.07, 6.45) is 6.78. The van der Waals surface area contributed by atoms with Crippen LogP contribution in [0.3, 0.4) is 0 Å². The minimum atomic E-state index is 0.240. The molecule has 18 heavy (non-hydrogen) atoms. The summed E-state index contributed by atoms with van der Waals surface area (Å²) in [5, 5.41) is 3.73. The number of ether oxygens (including phenoxy) is 1. The van der Waals surface area contributed by atoms with Crippen LogP contribution in [0.2, 0.25) is 0 Å². The van der Waals surface area contributed by atoms with Crippen molar-refractivity contribution in [3.05, 3.63) is 0 Å². The average molecular weight is 253 g/mol. The Balaban J connectivity index is 1.80. The van der Waals surface area contributed by atoms with Gasteiger partial charge in [-0.2, -0.15) is 0 Å². The summed E-state index contributed by atoms with van der Waals surface area (Å²) < 4.78 is 5.72. The molecule has 2 aliphatic rings. The normalized spacial score (nSPS) is 34.7. The molecule has 1 N–H and O–H groups in total. The van der Waals surface area contributed by atoms with Crippen molar-refractivity contribution in [2.24, 2.45) is 17.3 Å². The SMILES string of the molecule is CCCOCCC1(CNC(C)(C)C)CC2CC2C1. The summed E-state index contributed by atoms with van der Waals surface area (Å²) in [6.45, 7) is 12.0. The molecule has 0 aromatic heterocycles. The molecule has 2 saturated carbocycles. The molecule has 2 aliphatic carbocycles. The van der Waals surface area contributed by atoms with Gasteiger partial charge in [-0.3, -0.25) is 0 Å². The van der Waals surface area contributed by atoms with E-state index in [1.54, 1.807) is 0 Å². The summed E-state index contributed by atoms with van der Waals surface area (Å²) in [6, 6.07) is 0. The lowest BCUT2D eigenvalue weighted by atomic mass is 9.79. The fraction of sp³-hybridized carbons (Fsp3) is 1.00. The van der Waals surface area contributed by atoms with Crippen LogP contribution in [0.4, 0.5) is 0 Å². The minimum Gasteiger partial charge on any atom is -0.381 e. The molecule has 0 aromatic carbocycles. The van der Waals surface area contributed by atoms with Crippen molar-refractivity contribution in [1.29, 1.82) is 0 Å². The largest absolute Gasteiger partial charge is 0.381 e. The predicted molar refractivity (Wildman–Crippen MR) is 76.7 cm³/mol. The molecule has 106 valence electrons. The molecule has 2 atom stereocenters. The van der Waals surface area contributed by atoms with Crippen molar-refractivity contribution in [3.8, 4) is 0 Å². The second-order valence-corrected chi connectivity index (χ2v) is 7.63. The molecular formula is C16H31NO. The quantitative estimate of drug-likeness (QED) is 0.700. The zero-order chi connectivity index (χ0) is 13.2.